The third-order valence-corrected chi connectivity index (χ3v) is 5.58. The standard InChI is InChI=1S/C17H33N3/c1-17(2,16(18)19)11-5-6-12-20-13-7-9-14-8-3-4-10-15(14)20/h14-15H,3-13H2,1-2H3,(H3,18,19). The minimum Gasteiger partial charge on any atom is -0.387 e. The van der Waals surface area contributed by atoms with Gasteiger partial charge in [-0.25, -0.2) is 0 Å². The van der Waals surface area contributed by atoms with Gasteiger partial charge >= 0.3 is 0 Å². The molecule has 3 N–H and O–H groups in total. The molecule has 116 valence electrons. The van der Waals surface area contributed by atoms with Crippen LogP contribution in [0.15, 0.2) is 0 Å². The van der Waals surface area contributed by atoms with Crippen LogP contribution in [0.1, 0.15) is 71.6 Å². The molecule has 0 aromatic heterocycles. The van der Waals surface area contributed by atoms with Crippen LogP contribution in [0.3, 0.4) is 0 Å². The van der Waals surface area contributed by atoms with Gasteiger partial charge in [-0.15, -0.1) is 0 Å². The van der Waals surface area contributed by atoms with E-state index in [9.17, 15) is 0 Å². The van der Waals surface area contributed by atoms with E-state index in [2.05, 4.69) is 18.7 Å². The Kier molecular flexibility index (Phi) is 5.48. The molecule has 0 amide bonds. The van der Waals surface area contributed by atoms with Crippen LogP contribution in [0, 0.1) is 16.7 Å². The number of likely N-dealkylation sites (tertiary alicyclic amines) is 1. The molecule has 2 rings (SSSR count). The Morgan fingerprint density at radius 3 is 2.60 bits per heavy atom. The molecule has 1 saturated heterocycles. The number of piperidine rings is 1. The van der Waals surface area contributed by atoms with Crippen molar-refractivity contribution in [3.8, 4) is 0 Å². The normalized spacial score (nSPS) is 28.1. The number of hydrogen-bond acceptors (Lipinski definition) is 2. The maximum absolute atomic E-state index is 7.62. The third-order valence-electron chi connectivity index (χ3n) is 5.58. The van der Waals surface area contributed by atoms with Crippen molar-refractivity contribution in [2.24, 2.45) is 17.1 Å². The molecule has 20 heavy (non-hydrogen) atoms. The second-order valence-corrected chi connectivity index (χ2v) is 7.54. The van der Waals surface area contributed by atoms with E-state index in [-0.39, 0.29) is 5.41 Å². The highest BCUT2D eigenvalue weighted by molar-refractivity contribution is 5.82. The quantitative estimate of drug-likeness (QED) is 0.442. The van der Waals surface area contributed by atoms with Gasteiger partial charge in [-0.1, -0.05) is 33.1 Å². The summed E-state index contributed by atoms with van der Waals surface area (Å²) in [6.07, 6.45) is 12.2. The monoisotopic (exact) mass is 279 g/mol. The fraction of sp³-hybridized carbons (Fsp3) is 0.941. The van der Waals surface area contributed by atoms with Crippen LogP contribution in [0.2, 0.25) is 0 Å². The predicted octanol–water partition coefficient (Wildman–Crippen LogP) is 3.77. The molecule has 2 fully saturated rings. The van der Waals surface area contributed by atoms with Gasteiger partial charge in [0, 0.05) is 11.5 Å². The molecule has 2 aliphatic rings. The third kappa shape index (κ3) is 3.97. The first-order valence-corrected chi connectivity index (χ1v) is 8.59. The molecule has 1 aliphatic carbocycles. The average Bonchev–Trinajstić information content (AvgIpc) is 2.43. The van der Waals surface area contributed by atoms with Gasteiger partial charge in [-0.3, -0.25) is 5.41 Å². The summed E-state index contributed by atoms with van der Waals surface area (Å²) in [6.45, 7) is 6.76. The Morgan fingerprint density at radius 2 is 1.85 bits per heavy atom. The van der Waals surface area contributed by atoms with Crippen molar-refractivity contribution in [3.05, 3.63) is 0 Å². The van der Waals surface area contributed by atoms with Gasteiger partial charge in [0.1, 0.15) is 0 Å². The van der Waals surface area contributed by atoms with E-state index in [1.54, 1.807) is 0 Å². The molecule has 1 heterocycles. The summed E-state index contributed by atoms with van der Waals surface area (Å²) in [5.74, 6) is 1.33. The summed E-state index contributed by atoms with van der Waals surface area (Å²) >= 11 is 0. The molecule has 2 unspecified atom stereocenters. The molecule has 0 radical (unpaired) electrons. The van der Waals surface area contributed by atoms with Crippen LogP contribution in [0.25, 0.3) is 0 Å². The predicted molar refractivity (Wildman–Crippen MR) is 86.1 cm³/mol. The Hall–Kier alpha value is -0.570. The van der Waals surface area contributed by atoms with Crippen molar-refractivity contribution < 1.29 is 0 Å². The fourth-order valence-corrected chi connectivity index (χ4v) is 4.02. The van der Waals surface area contributed by atoms with Crippen molar-refractivity contribution in [1.29, 1.82) is 5.41 Å². The zero-order chi connectivity index (χ0) is 14.6. The van der Waals surface area contributed by atoms with Gasteiger partial charge < -0.3 is 10.6 Å². The summed E-state index contributed by atoms with van der Waals surface area (Å²) < 4.78 is 0. The van der Waals surface area contributed by atoms with Gasteiger partial charge in [0.25, 0.3) is 0 Å². The van der Waals surface area contributed by atoms with Gasteiger partial charge in [-0.2, -0.15) is 0 Å². The highest BCUT2D eigenvalue weighted by Gasteiger charge is 2.32. The van der Waals surface area contributed by atoms with Crippen molar-refractivity contribution in [2.45, 2.75) is 77.7 Å². The SMILES string of the molecule is CC(C)(CCCCN1CCCC2CCCCC21)C(=N)N. The van der Waals surface area contributed by atoms with Crippen LogP contribution < -0.4 is 5.73 Å². The minimum atomic E-state index is -0.116. The number of nitrogens with one attached hydrogen (secondary N) is 1. The lowest BCUT2D eigenvalue weighted by molar-refractivity contribution is 0.0592. The number of hydrogen-bond donors (Lipinski definition) is 2. The van der Waals surface area contributed by atoms with Gasteiger partial charge in [0.15, 0.2) is 0 Å². The lowest BCUT2D eigenvalue weighted by Crippen LogP contribution is -2.47. The first-order valence-electron chi connectivity index (χ1n) is 8.59. The highest BCUT2D eigenvalue weighted by atomic mass is 15.2. The molecule has 0 aromatic carbocycles. The van der Waals surface area contributed by atoms with Gasteiger partial charge in [-0.05, 0) is 57.5 Å². The number of fused-ring (bicyclic) bond motifs is 1. The van der Waals surface area contributed by atoms with E-state index in [1.807, 2.05) is 0 Å². The number of nitrogens with two attached hydrogens (primary N) is 1. The number of rotatable bonds is 6. The maximum atomic E-state index is 7.62. The van der Waals surface area contributed by atoms with E-state index >= 15 is 0 Å². The van der Waals surface area contributed by atoms with Crippen molar-refractivity contribution >= 4 is 5.84 Å². The smallest absolute Gasteiger partial charge is 0.0963 e. The van der Waals surface area contributed by atoms with Crippen molar-refractivity contribution in [3.63, 3.8) is 0 Å². The topological polar surface area (TPSA) is 53.1 Å². The Bertz CT molecular complexity index is 322. The average molecular weight is 279 g/mol. The van der Waals surface area contributed by atoms with E-state index < -0.39 is 0 Å². The van der Waals surface area contributed by atoms with Crippen LogP contribution in [0.4, 0.5) is 0 Å². The molecule has 1 saturated carbocycles. The second kappa shape index (κ2) is 6.93. The Balaban J connectivity index is 1.72. The minimum absolute atomic E-state index is 0.116. The van der Waals surface area contributed by atoms with Crippen LogP contribution in [-0.2, 0) is 0 Å². The molecule has 3 nitrogen and oxygen atoms in total. The van der Waals surface area contributed by atoms with E-state index in [1.165, 1.54) is 64.5 Å². The number of nitrogens with zero attached hydrogens (tertiary/aromatic N) is 1. The molecule has 0 bridgehead atoms. The summed E-state index contributed by atoms with van der Waals surface area (Å²) in [5, 5.41) is 7.62. The number of amidine groups is 1. The van der Waals surface area contributed by atoms with Crippen LogP contribution in [-0.4, -0.2) is 29.9 Å². The number of unbranched alkanes of at least 4 members (excludes halogenated alkanes) is 1. The van der Waals surface area contributed by atoms with Gasteiger partial charge in [0.05, 0.1) is 5.84 Å². The zero-order valence-electron chi connectivity index (χ0n) is 13.5. The van der Waals surface area contributed by atoms with E-state index in [0.29, 0.717) is 5.84 Å². The maximum Gasteiger partial charge on any atom is 0.0963 e. The first kappa shape index (κ1) is 15.8. The largest absolute Gasteiger partial charge is 0.387 e. The highest BCUT2D eigenvalue weighted by Crippen LogP contribution is 2.35. The van der Waals surface area contributed by atoms with Crippen LogP contribution >= 0.6 is 0 Å². The Morgan fingerprint density at radius 1 is 1.15 bits per heavy atom. The first-order chi connectivity index (χ1) is 9.50. The molecule has 0 aromatic rings. The van der Waals surface area contributed by atoms with E-state index in [4.69, 9.17) is 11.1 Å². The summed E-state index contributed by atoms with van der Waals surface area (Å²) in [5.41, 5.74) is 5.54. The molecular formula is C17H33N3. The summed E-state index contributed by atoms with van der Waals surface area (Å²) in [6, 6.07) is 0.887. The van der Waals surface area contributed by atoms with E-state index in [0.717, 1.165) is 18.4 Å². The zero-order valence-corrected chi connectivity index (χ0v) is 13.5. The lowest BCUT2D eigenvalue weighted by atomic mass is 9.78. The molecular weight excluding hydrogens is 246 g/mol. The lowest BCUT2D eigenvalue weighted by Gasteiger charge is -2.44. The molecule has 1 aliphatic heterocycles. The summed E-state index contributed by atoms with van der Waals surface area (Å²) in [4.78, 5) is 2.77. The van der Waals surface area contributed by atoms with Gasteiger partial charge in [0.2, 0.25) is 0 Å². The fourth-order valence-electron chi connectivity index (χ4n) is 4.02. The van der Waals surface area contributed by atoms with Crippen molar-refractivity contribution in [1.82, 2.24) is 4.90 Å². The van der Waals surface area contributed by atoms with Crippen LogP contribution in [0.5, 0.6) is 0 Å². The Labute approximate surface area is 124 Å². The summed E-state index contributed by atoms with van der Waals surface area (Å²) in [7, 11) is 0. The molecule has 2 atom stereocenters. The van der Waals surface area contributed by atoms with Crippen molar-refractivity contribution in [2.75, 3.05) is 13.1 Å². The molecule has 0 spiro atoms. The molecule has 3 heteroatoms. The second-order valence-electron chi connectivity index (χ2n) is 7.54.